The third kappa shape index (κ3) is 13.2. The van der Waals surface area contributed by atoms with Gasteiger partial charge in [0.25, 0.3) is 11.8 Å². The van der Waals surface area contributed by atoms with E-state index in [1.807, 2.05) is 0 Å². The van der Waals surface area contributed by atoms with Crippen LogP contribution in [0.1, 0.15) is 125 Å². The molecule has 0 aromatic heterocycles. The summed E-state index contributed by atoms with van der Waals surface area (Å²) >= 11 is 0. The van der Waals surface area contributed by atoms with Crippen molar-refractivity contribution >= 4 is 114 Å². The molecule has 0 saturated carbocycles. The van der Waals surface area contributed by atoms with Gasteiger partial charge in [0.05, 0.1) is 42.1 Å². The van der Waals surface area contributed by atoms with E-state index in [4.69, 9.17) is 23.7 Å². The lowest BCUT2D eigenvalue weighted by Crippen LogP contribution is -2.50. The van der Waals surface area contributed by atoms with Crippen LogP contribution in [0.25, 0.3) is 43.1 Å². The zero-order valence-corrected chi connectivity index (χ0v) is 48.5. The van der Waals surface area contributed by atoms with Crippen LogP contribution >= 0.6 is 0 Å². The Kier molecular flexibility index (Phi) is 17.2. The molecular formula is C63H69N5O13. The summed E-state index contributed by atoms with van der Waals surface area (Å²) in [7, 11) is 0. The lowest BCUT2D eigenvalue weighted by Gasteiger charge is -2.31. The van der Waals surface area contributed by atoms with Crippen LogP contribution in [0.2, 0.25) is 0 Å². The van der Waals surface area contributed by atoms with Crippen molar-refractivity contribution in [1.82, 2.24) is 5.32 Å². The van der Waals surface area contributed by atoms with Crippen LogP contribution in [0.4, 0.5) is 41.9 Å². The van der Waals surface area contributed by atoms with Crippen LogP contribution < -0.4 is 34.4 Å². The molecule has 1 N–H and O–H groups in total. The van der Waals surface area contributed by atoms with Crippen molar-refractivity contribution in [3.05, 3.63) is 120 Å². The van der Waals surface area contributed by atoms with Gasteiger partial charge < -0.3 is 29.0 Å². The fourth-order valence-electron chi connectivity index (χ4n) is 9.11. The highest BCUT2D eigenvalue weighted by Crippen LogP contribution is 2.49. The average Bonchev–Trinajstić information content (AvgIpc) is 3.49. The van der Waals surface area contributed by atoms with E-state index in [9.17, 15) is 38.4 Å². The number of hydrogen-bond donors (Lipinski definition) is 1. The highest BCUT2D eigenvalue weighted by atomic mass is 16.6. The number of amides is 9. The summed E-state index contributed by atoms with van der Waals surface area (Å²) in [5.41, 5.74) is -2.80. The quantitative estimate of drug-likeness (QED) is 0.0727. The maximum absolute atomic E-state index is 14.9. The molecule has 0 spiro atoms. The molecule has 7 rings (SSSR count). The minimum atomic E-state index is -1.13. The Bertz CT molecular complexity index is 3650. The molecular weight excluding hydrogens is 1030 g/mol. The number of carbonyl (C=O) groups is 8. The molecule has 424 valence electrons. The fraction of sp³-hybridized carbons (Fsp3) is 0.333. The molecule has 0 aliphatic rings. The second kappa shape index (κ2) is 23.3. The van der Waals surface area contributed by atoms with Crippen LogP contribution in [0.5, 0.6) is 11.5 Å². The van der Waals surface area contributed by atoms with Crippen LogP contribution in [-0.2, 0) is 23.8 Å². The van der Waals surface area contributed by atoms with Gasteiger partial charge >= 0.3 is 24.3 Å². The number of urea groups is 1. The van der Waals surface area contributed by atoms with Crippen molar-refractivity contribution in [3.63, 3.8) is 0 Å². The third-order valence-corrected chi connectivity index (χ3v) is 12.1. The molecule has 7 aromatic carbocycles. The van der Waals surface area contributed by atoms with Gasteiger partial charge in [-0.05, 0) is 184 Å². The van der Waals surface area contributed by atoms with Gasteiger partial charge in [0.1, 0.15) is 22.7 Å². The predicted molar refractivity (Wildman–Crippen MR) is 314 cm³/mol. The van der Waals surface area contributed by atoms with E-state index >= 15 is 0 Å². The zero-order valence-electron chi connectivity index (χ0n) is 48.5. The number of carbonyl (C=O) groups excluding carboxylic acids is 8. The summed E-state index contributed by atoms with van der Waals surface area (Å²) in [5.74, 6) is -2.83. The van der Waals surface area contributed by atoms with Gasteiger partial charge in [-0.25, -0.2) is 38.8 Å². The molecule has 0 fully saturated rings. The fourth-order valence-corrected chi connectivity index (χ4v) is 9.11. The van der Waals surface area contributed by atoms with Crippen LogP contribution in [0.3, 0.4) is 0 Å². The lowest BCUT2D eigenvalue weighted by molar-refractivity contribution is -0.117. The second-order valence-corrected chi connectivity index (χ2v) is 22.5. The topological polar surface area (TPSA) is 208 Å². The van der Waals surface area contributed by atoms with E-state index in [2.05, 4.69) is 5.32 Å². The molecule has 81 heavy (non-hydrogen) atoms. The summed E-state index contributed by atoms with van der Waals surface area (Å²) < 4.78 is 29.9. The first-order chi connectivity index (χ1) is 37.9. The van der Waals surface area contributed by atoms with Crippen LogP contribution in [0.15, 0.2) is 109 Å². The summed E-state index contributed by atoms with van der Waals surface area (Å²) in [6, 6.07) is 28.3. The molecule has 0 atom stereocenters. The minimum Gasteiger partial charge on any atom is -0.492 e. The number of fused-ring (bicyclic) bond motifs is 4. The van der Waals surface area contributed by atoms with Crippen molar-refractivity contribution in [1.29, 1.82) is 0 Å². The number of anilines is 4. The van der Waals surface area contributed by atoms with E-state index in [0.29, 0.717) is 21.5 Å². The van der Waals surface area contributed by atoms with E-state index in [1.54, 1.807) is 199 Å². The molecule has 9 amide bonds. The van der Waals surface area contributed by atoms with E-state index < -0.39 is 70.8 Å². The summed E-state index contributed by atoms with van der Waals surface area (Å²) in [5, 5.41) is 4.96. The van der Waals surface area contributed by atoms with Gasteiger partial charge in [-0.1, -0.05) is 36.4 Å². The number of hydrogen-bond acceptors (Lipinski definition) is 13. The molecule has 0 saturated heterocycles. The SMILES string of the molecule is CCOc1cc2cc3c(N(C(C)=O)C(=O)OC(C)(C)C)c4cc5cc(N(C(=O)OC(C)(C)C)C(=O)c6ccccc6)c(OCC)cc5cc4c(N(C(C)=O)C(=O)NC(C)(C)C)c3cc2cc1N(C(=O)OC(C)C)C(=O)c1ccccc1. The number of nitrogens with zero attached hydrogens (tertiary/aromatic N) is 4. The monoisotopic (exact) mass is 1100 g/mol. The number of benzene rings is 7. The molecule has 0 bridgehead atoms. The van der Waals surface area contributed by atoms with Gasteiger partial charge in [0.15, 0.2) is 0 Å². The van der Waals surface area contributed by atoms with Crippen molar-refractivity contribution in [3.8, 4) is 11.5 Å². The lowest BCUT2D eigenvalue weighted by atomic mass is 9.91. The van der Waals surface area contributed by atoms with Crippen LogP contribution in [0, 0.1) is 0 Å². The van der Waals surface area contributed by atoms with Crippen LogP contribution in [-0.4, -0.2) is 84.0 Å². The smallest absolute Gasteiger partial charge is 0.422 e. The van der Waals surface area contributed by atoms with Crippen molar-refractivity contribution in [2.75, 3.05) is 32.8 Å². The highest BCUT2D eigenvalue weighted by molar-refractivity contribution is 6.34. The highest BCUT2D eigenvalue weighted by Gasteiger charge is 2.37. The Morgan fingerprint density at radius 3 is 1.15 bits per heavy atom. The van der Waals surface area contributed by atoms with Gasteiger partial charge in [0.2, 0.25) is 11.8 Å². The molecule has 7 aromatic rings. The molecule has 0 unspecified atom stereocenters. The Labute approximate surface area is 470 Å². The summed E-state index contributed by atoms with van der Waals surface area (Å²) in [4.78, 5) is 120. The maximum atomic E-state index is 14.9. The van der Waals surface area contributed by atoms with Crippen molar-refractivity contribution in [2.24, 2.45) is 0 Å². The van der Waals surface area contributed by atoms with Gasteiger partial charge in [0, 0.05) is 52.1 Å². The molecule has 0 aliphatic carbocycles. The first-order valence-corrected chi connectivity index (χ1v) is 26.6. The third-order valence-electron chi connectivity index (χ3n) is 12.1. The number of rotatable bonds is 11. The second-order valence-electron chi connectivity index (χ2n) is 22.5. The van der Waals surface area contributed by atoms with Gasteiger partial charge in [-0.15, -0.1) is 0 Å². The Hall–Kier alpha value is -9.06. The van der Waals surface area contributed by atoms with E-state index in [0.717, 1.165) is 19.6 Å². The molecule has 0 radical (unpaired) electrons. The first-order valence-electron chi connectivity index (χ1n) is 26.6. The number of nitrogens with one attached hydrogen (secondary N) is 1. The Morgan fingerprint density at radius 1 is 0.469 bits per heavy atom. The standard InChI is InChI=1S/C63H69N5O13/c1-16-77-51-34-44-31-48-45(28-41(44)32-49(51)67(58(74)79-36(3)4)55(71)39-24-20-18-21-25-39)53(65(37(5)69)57(73)64-61(7,8)9)46-30-43-35-52(78-17-2)50(68(60(76)81-63(13,14)15)56(72)40-26-22-19-23-27-40)33-42(43)29-47(46)54(48)66(38(6)70)59(75)80-62(10,11)12/h18-36H,16-17H2,1-15H3,(H,64,73). The van der Waals surface area contributed by atoms with Gasteiger partial charge in [-0.3, -0.25) is 19.2 Å². The normalized spacial score (nSPS) is 11.8. The molecule has 0 aliphatic heterocycles. The molecule has 0 heterocycles. The van der Waals surface area contributed by atoms with Gasteiger partial charge in [-0.2, -0.15) is 0 Å². The van der Waals surface area contributed by atoms with E-state index in [-0.39, 0.29) is 80.1 Å². The molecule has 18 nitrogen and oxygen atoms in total. The predicted octanol–water partition coefficient (Wildman–Crippen LogP) is 14.0. The summed E-state index contributed by atoms with van der Waals surface area (Å²) in [6.07, 6.45) is -3.71. The summed E-state index contributed by atoms with van der Waals surface area (Å²) in [6.45, 7) is 24.4. The largest absolute Gasteiger partial charge is 0.492 e. The van der Waals surface area contributed by atoms with E-state index in [1.165, 1.54) is 13.8 Å². The number of ether oxygens (including phenoxy) is 5. The van der Waals surface area contributed by atoms with Crippen molar-refractivity contribution < 1.29 is 62.0 Å². The van der Waals surface area contributed by atoms with Crippen molar-refractivity contribution in [2.45, 2.75) is 127 Å². The Morgan fingerprint density at radius 2 is 0.815 bits per heavy atom. The number of imide groups is 4. The zero-order chi connectivity index (χ0) is 59.6. The maximum Gasteiger partial charge on any atom is 0.422 e. The molecule has 18 heteroatoms. The Balaban J connectivity index is 1.73. The average molecular weight is 1100 g/mol. The minimum absolute atomic E-state index is 0.00182. The first kappa shape index (κ1) is 59.6.